The molecule has 1 heterocycles. The van der Waals surface area contributed by atoms with Gasteiger partial charge in [-0.25, -0.2) is 0 Å². The van der Waals surface area contributed by atoms with E-state index in [1.807, 2.05) is 13.0 Å². The molecule has 0 bridgehead atoms. The lowest BCUT2D eigenvalue weighted by Crippen LogP contribution is -2.42. The molecular formula is C11H16Br2N2O2S. The van der Waals surface area contributed by atoms with Gasteiger partial charge in [0.2, 0.25) is 5.91 Å². The van der Waals surface area contributed by atoms with E-state index in [1.165, 1.54) is 4.88 Å². The van der Waals surface area contributed by atoms with Crippen LogP contribution in [0.25, 0.3) is 0 Å². The van der Waals surface area contributed by atoms with Gasteiger partial charge in [0.25, 0.3) is 0 Å². The number of carbonyl (C=O) groups is 1. The lowest BCUT2D eigenvalue weighted by Gasteiger charge is -2.13. The number of hydrogen-bond acceptors (Lipinski definition) is 4. The lowest BCUT2D eigenvalue weighted by molar-refractivity contribution is -0.122. The van der Waals surface area contributed by atoms with Crippen molar-refractivity contribution in [3.05, 3.63) is 19.2 Å². The minimum atomic E-state index is -0.221. The van der Waals surface area contributed by atoms with Gasteiger partial charge in [0.15, 0.2) is 0 Å². The van der Waals surface area contributed by atoms with E-state index in [9.17, 15) is 4.79 Å². The van der Waals surface area contributed by atoms with E-state index in [0.717, 1.165) is 8.26 Å². The van der Waals surface area contributed by atoms with Crippen molar-refractivity contribution in [2.24, 2.45) is 0 Å². The number of hydrogen-bond donors (Lipinski definition) is 2. The summed E-state index contributed by atoms with van der Waals surface area (Å²) >= 11 is 8.53. The van der Waals surface area contributed by atoms with Crippen LogP contribution in [0.1, 0.15) is 11.8 Å². The molecule has 1 amide bonds. The highest BCUT2D eigenvalue weighted by Gasteiger charge is 2.12. The second kappa shape index (κ2) is 8.27. The number of ether oxygens (including phenoxy) is 1. The zero-order chi connectivity index (χ0) is 13.5. The Hall–Kier alpha value is 0.0500. The molecule has 0 saturated heterocycles. The van der Waals surface area contributed by atoms with Crippen molar-refractivity contribution in [2.45, 2.75) is 19.5 Å². The highest BCUT2D eigenvalue weighted by molar-refractivity contribution is 9.13. The first-order valence-electron chi connectivity index (χ1n) is 5.48. The van der Waals surface area contributed by atoms with Gasteiger partial charge in [-0.1, -0.05) is 0 Å². The SMILES string of the molecule is COCCNC(=O)C(C)NCc1cc(Br)c(Br)s1. The smallest absolute Gasteiger partial charge is 0.236 e. The molecule has 1 rings (SSSR count). The van der Waals surface area contributed by atoms with Crippen molar-refractivity contribution in [2.75, 3.05) is 20.3 Å². The highest BCUT2D eigenvalue weighted by Crippen LogP contribution is 2.32. The molecule has 7 heteroatoms. The van der Waals surface area contributed by atoms with Crippen LogP contribution in [-0.2, 0) is 16.1 Å². The number of halogens is 2. The first-order chi connectivity index (χ1) is 8.54. The van der Waals surface area contributed by atoms with E-state index in [1.54, 1.807) is 18.4 Å². The Kier molecular flexibility index (Phi) is 7.40. The van der Waals surface area contributed by atoms with E-state index >= 15 is 0 Å². The number of thiophene rings is 1. The standard InChI is InChI=1S/C11H16Br2N2O2S/c1-7(11(16)14-3-4-17-2)15-6-8-5-9(12)10(13)18-8/h5,7,15H,3-4,6H2,1-2H3,(H,14,16). The molecule has 0 aliphatic carbocycles. The fraction of sp³-hybridized carbons (Fsp3) is 0.545. The second-order valence-corrected chi connectivity index (χ2v) is 7.03. The molecule has 102 valence electrons. The second-order valence-electron chi connectivity index (χ2n) is 3.72. The number of amides is 1. The van der Waals surface area contributed by atoms with Crippen LogP contribution in [-0.4, -0.2) is 32.2 Å². The average molecular weight is 400 g/mol. The summed E-state index contributed by atoms with van der Waals surface area (Å²) < 4.78 is 6.98. The van der Waals surface area contributed by atoms with Crippen LogP contribution >= 0.6 is 43.2 Å². The van der Waals surface area contributed by atoms with Gasteiger partial charge < -0.3 is 15.4 Å². The van der Waals surface area contributed by atoms with Crippen molar-refractivity contribution >= 4 is 49.1 Å². The molecule has 0 aliphatic rings. The third-order valence-corrected chi connectivity index (χ3v) is 5.53. The van der Waals surface area contributed by atoms with Crippen molar-refractivity contribution in [1.82, 2.24) is 10.6 Å². The van der Waals surface area contributed by atoms with Gasteiger partial charge in [-0.2, -0.15) is 0 Å². The molecule has 4 nitrogen and oxygen atoms in total. The topological polar surface area (TPSA) is 50.4 Å². The van der Waals surface area contributed by atoms with Crippen LogP contribution in [0.2, 0.25) is 0 Å². The van der Waals surface area contributed by atoms with Crippen molar-refractivity contribution in [1.29, 1.82) is 0 Å². The highest BCUT2D eigenvalue weighted by atomic mass is 79.9. The van der Waals surface area contributed by atoms with Crippen molar-refractivity contribution < 1.29 is 9.53 Å². The van der Waals surface area contributed by atoms with Gasteiger partial charge >= 0.3 is 0 Å². The van der Waals surface area contributed by atoms with E-state index in [4.69, 9.17) is 4.74 Å². The Morgan fingerprint density at radius 3 is 2.83 bits per heavy atom. The minimum absolute atomic E-state index is 0.0123. The van der Waals surface area contributed by atoms with E-state index in [2.05, 4.69) is 42.5 Å². The number of methoxy groups -OCH3 is 1. The molecule has 18 heavy (non-hydrogen) atoms. The Balaban J connectivity index is 2.31. The first kappa shape index (κ1) is 16.1. The Morgan fingerprint density at radius 2 is 2.28 bits per heavy atom. The van der Waals surface area contributed by atoms with Gasteiger partial charge in [0.1, 0.15) is 0 Å². The summed E-state index contributed by atoms with van der Waals surface area (Å²) in [5.74, 6) is -0.0123. The molecule has 1 unspecified atom stereocenters. The summed E-state index contributed by atoms with van der Waals surface area (Å²) in [7, 11) is 1.61. The maximum Gasteiger partial charge on any atom is 0.236 e. The van der Waals surface area contributed by atoms with Gasteiger partial charge in [-0.15, -0.1) is 11.3 Å². The number of rotatable bonds is 7. The fourth-order valence-corrected chi connectivity index (χ4v) is 3.38. The average Bonchev–Trinajstić information content (AvgIpc) is 2.66. The summed E-state index contributed by atoms with van der Waals surface area (Å²) in [4.78, 5) is 12.8. The van der Waals surface area contributed by atoms with Gasteiger partial charge in [-0.3, -0.25) is 4.79 Å². The molecule has 0 radical (unpaired) electrons. The molecule has 2 N–H and O–H groups in total. The zero-order valence-corrected chi connectivity index (χ0v) is 14.2. The molecule has 0 aliphatic heterocycles. The summed E-state index contributed by atoms with van der Waals surface area (Å²) in [5.41, 5.74) is 0. The largest absolute Gasteiger partial charge is 0.383 e. The number of nitrogens with one attached hydrogen (secondary N) is 2. The summed E-state index contributed by atoms with van der Waals surface area (Å²) in [6.07, 6.45) is 0. The molecule has 0 aromatic carbocycles. The van der Waals surface area contributed by atoms with Crippen molar-refractivity contribution in [3.63, 3.8) is 0 Å². The zero-order valence-electron chi connectivity index (χ0n) is 10.3. The third kappa shape index (κ3) is 5.36. The summed E-state index contributed by atoms with van der Waals surface area (Å²) in [6.45, 7) is 3.59. The monoisotopic (exact) mass is 398 g/mol. The summed E-state index contributed by atoms with van der Waals surface area (Å²) in [5, 5.41) is 5.98. The van der Waals surface area contributed by atoms with Crippen LogP contribution in [0.3, 0.4) is 0 Å². The predicted molar refractivity (Wildman–Crippen MR) is 80.9 cm³/mol. The van der Waals surface area contributed by atoms with Crippen molar-refractivity contribution in [3.8, 4) is 0 Å². The molecule has 1 atom stereocenters. The molecule has 0 fully saturated rings. The Labute approximate surface area is 128 Å². The first-order valence-corrected chi connectivity index (χ1v) is 7.88. The molecule has 1 aromatic rings. The van der Waals surface area contributed by atoms with Gasteiger partial charge in [0.05, 0.1) is 16.4 Å². The van der Waals surface area contributed by atoms with Crippen LogP contribution in [0.5, 0.6) is 0 Å². The maximum atomic E-state index is 11.7. The quantitative estimate of drug-likeness (QED) is 0.692. The Bertz CT molecular complexity index is 379. The van der Waals surface area contributed by atoms with Gasteiger partial charge in [-0.05, 0) is 44.8 Å². The minimum Gasteiger partial charge on any atom is -0.383 e. The molecular weight excluding hydrogens is 384 g/mol. The fourth-order valence-electron chi connectivity index (χ4n) is 1.25. The van der Waals surface area contributed by atoms with E-state index in [0.29, 0.717) is 19.7 Å². The third-order valence-electron chi connectivity index (χ3n) is 2.28. The summed E-state index contributed by atoms with van der Waals surface area (Å²) in [6, 6.07) is 1.82. The number of carbonyl (C=O) groups excluding carboxylic acids is 1. The predicted octanol–water partition coefficient (Wildman–Crippen LogP) is 2.51. The molecule has 0 saturated carbocycles. The Morgan fingerprint density at radius 1 is 1.56 bits per heavy atom. The maximum absolute atomic E-state index is 11.7. The van der Waals surface area contributed by atoms with E-state index in [-0.39, 0.29) is 11.9 Å². The molecule has 0 spiro atoms. The van der Waals surface area contributed by atoms with Crippen LogP contribution < -0.4 is 10.6 Å². The van der Waals surface area contributed by atoms with Crippen LogP contribution in [0, 0.1) is 0 Å². The normalized spacial score (nSPS) is 12.4. The van der Waals surface area contributed by atoms with Gasteiger partial charge in [0, 0.05) is 29.5 Å². The van der Waals surface area contributed by atoms with Crippen LogP contribution in [0.15, 0.2) is 14.3 Å². The van der Waals surface area contributed by atoms with E-state index < -0.39 is 0 Å². The lowest BCUT2D eigenvalue weighted by atomic mass is 10.3. The van der Waals surface area contributed by atoms with Crippen LogP contribution in [0.4, 0.5) is 0 Å². The molecule has 1 aromatic heterocycles.